The van der Waals surface area contributed by atoms with Gasteiger partial charge in [-0.3, -0.25) is 0 Å². The monoisotopic (exact) mass is 261 g/mol. The fourth-order valence-electron chi connectivity index (χ4n) is 2.11. The Morgan fingerprint density at radius 3 is 2.89 bits per heavy atom. The van der Waals surface area contributed by atoms with Gasteiger partial charge < -0.3 is 10.6 Å². The zero-order valence-corrected chi connectivity index (χ0v) is 11.8. The zero-order chi connectivity index (χ0) is 13.7. The van der Waals surface area contributed by atoms with Crippen molar-refractivity contribution in [1.82, 2.24) is 14.6 Å². The normalized spacial score (nSPS) is 11.1. The standard InChI is InChI=1S/C14H23N5/c1-3-4-5-10-18(2)14-7-6-13-16-12(8-9-15)11-19(13)17-14/h6-7,11H,3-5,8-10,15H2,1-2H3. The van der Waals surface area contributed by atoms with Gasteiger partial charge in [0.25, 0.3) is 0 Å². The van der Waals surface area contributed by atoms with Crippen molar-refractivity contribution in [3.63, 3.8) is 0 Å². The lowest BCUT2D eigenvalue weighted by Gasteiger charge is -2.17. The summed E-state index contributed by atoms with van der Waals surface area (Å²) in [4.78, 5) is 6.67. The molecule has 2 rings (SSSR count). The second-order valence-electron chi connectivity index (χ2n) is 4.89. The van der Waals surface area contributed by atoms with Crippen LogP contribution in [-0.4, -0.2) is 34.7 Å². The van der Waals surface area contributed by atoms with Gasteiger partial charge in [0.1, 0.15) is 5.82 Å². The SMILES string of the molecule is CCCCCN(C)c1ccc2nc(CCN)cn2n1. The highest BCUT2D eigenvalue weighted by Gasteiger charge is 2.06. The predicted octanol–water partition coefficient (Wildman–Crippen LogP) is 1.86. The van der Waals surface area contributed by atoms with E-state index < -0.39 is 0 Å². The van der Waals surface area contributed by atoms with Gasteiger partial charge in [0, 0.05) is 20.0 Å². The molecule has 2 aromatic rings. The van der Waals surface area contributed by atoms with Crippen molar-refractivity contribution in [3.05, 3.63) is 24.0 Å². The Balaban J connectivity index is 2.11. The van der Waals surface area contributed by atoms with Crippen LogP contribution in [0, 0.1) is 0 Å². The van der Waals surface area contributed by atoms with E-state index in [4.69, 9.17) is 5.73 Å². The van der Waals surface area contributed by atoms with Crippen LogP contribution in [0.4, 0.5) is 5.82 Å². The van der Waals surface area contributed by atoms with Gasteiger partial charge >= 0.3 is 0 Å². The summed E-state index contributed by atoms with van der Waals surface area (Å²) in [5.41, 5.74) is 7.43. The van der Waals surface area contributed by atoms with Crippen molar-refractivity contribution in [3.8, 4) is 0 Å². The highest BCUT2D eigenvalue weighted by molar-refractivity contribution is 5.46. The Morgan fingerprint density at radius 2 is 2.16 bits per heavy atom. The van der Waals surface area contributed by atoms with Gasteiger partial charge in [0.2, 0.25) is 0 Å². The number of fused-ring (bicyclic) bond motifs is 1. The summed E-state index contributed by atoms with van der Waals surface area (Å²) in [6.07, 6.45) is 6.47. The van der Waals surface area contributed by atoms with Crippen molar-refractivity contribution < 1.29 is 0 Å². The van der Waals surface area contributed by atoms with Gasteiger partial charge in [-0.05, 0) is 25.1 Å². The molecule has 5 heteroatoms. The summed E-state index contributed by atoms with van der Waals surface area (Å²) in [6.45, 7) is 3.87. The average Bonchev–Trinajstić information content (AvgIpc) is 2.80. The Bertz CT molecular complexity index is 520. The first kappa shape index (κ1) is 13.8. The molecule has 19 heavy (non-hydrogen) atoms. The van der Waals surface area contributed by atoms with E-state index in [0.29, 0.717) is 6.54 Å². The predicted molar refractivity (Wildman–Crippen MR) is 78.5 cm³/mol. The molecule has 0 atom stereocenters. The summed E-state index contributed by atoms with van der Waals surface area (Å²) in [7, 11) is 2.08. The largest absolute Gasteiger partial charge is 0.358 e. The molecule has 2 N–H and O–H groups in total. The molecular weight excluding hydrogens is 238 g/mol. The summed E-state index contributed by atoms with van der Waals surface area (Å²) < 4.78 is 1.84. The van der Waals surface area contributed by atoms with E-state index in [1.54, 1.807) is 0 Å². The highest BCUT2D eigenvalue weighted by Crippen LogP contribution is 2.12. The average molecular weight is 261 g/mol. The first-order valence-corrected chi connectivity index (χ1v) is 7.01. The zero-order valence-electron chi connectivity index (χ0n) is 11.8. The topological polar surface area (TPSA) is 59.5 Å². The molecule has 0 aromatic carbocycles. The van der Waals surface area contributed by atoms with Gasteiger partial charge in [-0.25, -0.2) is 9.50 Å². The van der Waals surface area contributed by atoms with Gasteiger partial charge in [-0.2, -0.15) is 0 Å². The minimum atomic E-state index is 0.619. The summed E-state index contributed by atoms with van der Waals surface area (Å²) in [6, 6.07) is 4.04. The molecule has 0 bridgehead atoms. The second kappa shape index (κ2) is 6.52. The number of hydrogen-bond acceptors (Lipinski definition) is 4. The fraction of sp³-hybridized carbons (Fsp3) is 0.571. The fourth-order valence-corrected chi connectivity index (χ4v) is 2.11. The molecule has 0 aliphatic heterocycles. The number of unbranched alkanes of at least 4 members (excludes halogenated alkanes) is 2. The lowest BCUT2D eigenvalue weighted by atomic mass is 10.2. The molecule has 0 spiro atoms. The number of rotatable bonds is 7. The number of imidazole rings is 1. The van der Waals surface area contributed by atoms with Crippen LogP contribution in [-0.2, 0) is 6.42 Å². The molecular formula is C14H23N5. The van der Waals surface area contributed by atoms with Crippen molar-refractivity contribution >= 4 is 11.5 Å². The molecule has 2 aromatic heterocycles. The van der Waals surface area contributed by atoms with E-state index in [9.17, 15) is 0 Å². The lowest BCUT2D eigenvalue weighted by molar-refractivity contribution is 0.696. The van der Waals surface area contributed by atoms with Crippen molar-refractivity contribution in [2.45, 2.75) is 32.6 Å². The maximum atomic E-state index is 5.55. The van der Waals surface area contributed by atoms with Crippen LogP contribution in [0.5, 0.6) is 0 Å². The lowest BCUT2D eigenvalue weighted by Crippen LogP contribution is -2.20. The number of anilines is 1. The molecule has 0 saturated heterocycles. The van der Waals surface area contributed by atoms with Crippen LogP contribution in [0.15, 0.2) is 18.3 Å². The van der Waals surface area contributed by atoms with Crippen LogP contribution < -0.4 is 10.6 Å². The quantitative estimate of drug-likeness (QED) is 0.773. The van der Waals surface area contributed by atoms with Crippen LogP contribution >= 0.6 is 0 Å². The number of nitrogens with two attached hydrogens (primary N) is 1. The number of nitrogens with zero attached hydrogens (tertiary/aromatic N) is 4. The third kappa shape index (κ3) is 3.44. The highest BCUT2D eigenvalue weighted by atomic mass is 15.3. The molecule has 5 nitrogen and oxygen atoms in total. The smallest absolute Gasteiger partial charge is 0.153 e. The molecule has 0 radical (unpaired) electrons. The van der Waals surface area contributed by atoms with Crippen LogP contribution in [0.3, 0.4) is 0 Å². The van der Waals surface area contributed by atoms with Gasteiger partial charge in [-0.1, -0.05) is 19.8 Å². The molecule has 104 valence electrons. The number of hydrogen-bond donors (Lipinski definition) is 1. The maximum absolute atomic E-state index is 5.55. The molecule has 0 unspecified atom stereocenters. The minimum absolute atomic E-state index is 0.619. The minimum Gasteiger partial charge on any atom is -0.358 e. The third-order valence-corrected chi connectivity index (χ3v) is 3.24. The van der Waals surface area contributed by atoms with Crippen molar-refractivity contribution in [1.29, 1.82) is 0 Å². The third-order valence-electron chi connectivity index (χ3n) is 3.24. The second-order valence-corrected chi connectivity index (χ2v) is 4.89. The van der Waals surface area contributed by atoms with Gasteiger partial charge in [-0.15, -0.1) is 5.10 Å². The van der Waals surface area contributed by atoms with Gasteiger partial charge in [0.15, 0.2) is 5.65 Å². The number of aromatic nitrogens is 3. The Morgan fingerprint density at radius 1 is 1.32 bits per heavy atom. The Labute approximate surface area is 114 Å². The molecule has 2 heterocycles. The molecule has 0 fully saturated rings. The molecule has 0 aliphatic carbocycles. The van der Waals surface area contributed by atoms with E-state index >= 15 is 0 Å². The summed E-state index contributed by atoms with van der Waals surface area (Å²) >= 11 is 0. The Kier molecular flexibility index (Phi) is 4.74. The van der Waals surface area contributed by atoms with Crippen molar-refractivity contribution in [2.75, 3.05) is 25.0 Å². The van der Waals surface area contributed by atoms with E-state index in [2.05, 4.69) is 29.0 Å². The van der Waals surface area contributed by atoms with Crippen LogP contribution in [0.25, 0.3) is 5.65 Å². The molecule has 0 saturated carbocycles. The first-order chi connectivity index (χ1) is 9.24. The van der Waals surface area contributed by atoms with E-state index in [-0.39, 0.29) is 0 Å². The van der Waals surface area contributed by atoms with E-state index in [1.807, 2.05) is 22.8 Å². The summed E-state index contributed by atoms with van der Waals surface area (Å²) in [5.74, 6) is 0.986. The maximum Gasteiger partial charge on any atom is 0.153 e. The summed E-state index contributed by atoms with van der Waals surface area (Å²) in [5, 5.41) is 4.60. The first-order valence-electron chi connectivity index (χ1n) is 7.01. The van der Waals surface area contributed by atoms with Crippen LogP contribution in [0.1, 0.15) is 31.9 Å². The van der Waals surface area contributed by atoms with E-state index in [1.165, 1.54) is 19.3 Å². The van der Waals surface area contributed by atoms with Gasteiger partial charge in [0.05, 0.1) is 11.9 Å². The van der Waals surface area contributed by atoms with E-state index in [0.717, 1.165) is 30.1 Å². The Hall–Kier alpha value is -1.62. The van der Waals surface area contributed by atoms with Crippen LogP contribution in [0.2, 0.25) is 0 Å². The van der Waals surface area contributed by atoms with Crippen molar-refractivity contribution in [2.24, 2.45) is 5.73 Å². The molecule has 0 aliphatic rings. The molecule has 0 amide bonds.